The van der Waals surface area contributed by atoms with Crippen LogP contribution in [0.5, 0.6) is 5.75 Å². The van der Waals surface area contributed by atoms with Crippen molar-refractivity contribution in [1.82, 2.24) is 0 Å². The summed E-state index contributed by atoms with van der Waals surface area (Å²) in [6.07, 6.45) is 0.959. The van der Waals surface area contributed by atoms with Crippen LogP contribution >= 0.6 is 0 Å². The first kappa shape index (κ1) is 23.9. The summed E-state index contributed by atoms with van der Waals surface area (Å²) in [5, 5.41) is -0.975. The van der Waals surface area contributed by atoms with E-state index in [1.54, 1.807) is 19.2 Å². The molecule has 2 rings (SSSR count). The highest BCUT2D eigenvalue weighted by Gasteiger charge is 2.49. The molecule has 164 valence electrons. The van der Waals surface area contributed by atoms with Crippen LogP contribution in [-0.2, 0) is 25.5 Å². The smallest absolute Gasteiger partial charge is 0.188 e. The van der Waals surface area contributed by atoms with Gasteiger partial charge in [0, 0.05) is 17.5 Å². The summed E-state index contributed by atoms with van der Waals surface area (Å²) in [5.74, 6) is 0.391. The summed E-state index contributed by atoms with van der Waals surface area (Å²) in [6.45, 7) is 18.4. The highest BCUT2D eigenvalue weighted by atomic mass is 32.2. The second-order valence-electron chi connectivity index (χ2n) is 11.5. The lowest BCUT2D eigenvalue weighted by Crippen LogP contribution is -2.38. The zero-order valence-electron chi connectivity index (χ0n) is 19.8. The van der Waals surface area contributed by atoms with Crippen molar-refractivity contribution in [2.24, 2.45) is 11.3 Å². The molecule has 1 aromatic carbocycles. The molecule has 1 aliphatic carbocycles. The summed E-state index contributed by atoms with van der Waals surface area (Å²) in [4.78, 5) is 13.0. The standard InChI is InChI=1S/C24H38O4S/c1-22(2,3)16-11-12-19(25)21(16)29(26,27)15-13-17(23(4,5)6)20(28-10)18(14-15)24(7,8)9/h13-14,16,21H,11-12H2,1-10H3/t16-,21+/m0/s1. The third-order valence-corrected chi connectivity index (χ3v) is 8.20. The summed E-state index contributed by atoms with van der Waals surface area (Å²) < 4.78 is 33.4. The van der Waals surface area contributed by atoms with Gasteiger partial charge in [0.25, 0.3) is 0 Å². The van der Waals surface area contributed by atoms with E-state index in [0.717, 1.165) is 16.9 Å². The molecule has 0 spiro atoms. The molecule has 1 aliphatic rings. The molecular weight excluding hydrogens is 384 g/mol. The van der Waals surface area contributed by atoms with Crippen molar-refractivity contribution < 1.29 is 17.9 Å². The van der Waals surface area contributed by atoms with Crippen LogP contribution in [0.3, 0.4) is 0 Å². The Kier molecular flexibility index (Phi) is 6.10. The fourth-order valence-corrected chi connectivity index (χ4v) is 6.64. The molecule has 5 heteroatoms. The van der Waals surface area contributed by atoms with Gasteiger partial charge in [-0.2, -0.15) is 0 Å². The molecule has 0 radical (unpaired) electrons. The average Bonchev–Trinajstić information content (AvgIpc) is 2.94. The number of hydrogen-bond acceptors (Lipinski definition) is 4. The van der Waals surface area contributed by atoms with Crippen molar-refractivity contribution in [3.05, 3.63) is 23.3 Å². The number of carbonyl (C=O) groups is 1. The molecule has 0 unspecified atom stereocenters. The van der Waals surface area contributed by atoms with E-state index < -0.39 is 15.1 Å². The van der Waals surface area contributed by atoms with Crippen LogP contribution in [0.1, 0.15) is 86.3 Å². The third-order valence-electron chi connectivity index (χ3n) is 6.04. The molecule has 1 aromatic rings. The van der Waals surface area contributed by atoms with Gasteiger partial charge in [-0.25, -0.2) is 8.42 Å². The Bertz CT molecular complexity index is 855. The van der Waals surface area contributed by atoms with E-state index in [-0.39, 0.29) is 32.8 Å². The van der Waals surface area contributed by atoms with Crippen LogP contribution in [0.4, 0.5) is 0 Å². The minimum Gasteiger partial charge on any atom is -0.496 e. The van der Waals surface area contributed by atoms with Gasteiger partial charge in [0.2, 0.25) is 0 Å². The maximum absolute atomic E-state index is 13.8. The second-order valence-corrected chi connectivity index (χ2v) is 13.6. The fraction of sp³-hybridized carbons (Fsp3) is 0.708. The molecular formula is C24H38O4S. The first-order chi connectivity index (χ1) is 12.9. The number of benzene rings is 1. The molecule has 4 nitrogen and oxygen atoms in total. The molecule has 0 N–H and O–H groups in total. The van der Waals surface area contributed by atoms with Crippen LogP contribution in [0.25, 0.3) is 0 Å². The number of rotatable bonds is 3. The number of carbonyl (C=O) groups excluding carboxylic acids is 1. The van der Waals surface area contributed by atoms with Gasteiger partial charge in [0.05, 0.1) is 12.0 Å². The Morgan fingerprint density at radius 1 is 0.897 bits per heavy atom. The van der Waals surface area contributed by atoms with Crippen LogP contribution in [0, 0.1) is 11.3 Å². The topological polar surface area (TPSA) is 60.4 Å². The summed E-state index contributed by atoms with van der Waals surface area (Å²) in [5.41, 5.74) is 0.836. The number of hydrogen-bond donors (Lipinski definition) is 0. The Labute approximate surface area is 177 Å². The molecule has 29 heavy (non-hydrogen) atoms. The van der Waals surface area contributed by atoms with E-state index in [1.807, 2.05) is 62.3 Å². The number of methoxy groups -OCH3 is 1. The highest BCUT2D eigenvalue weighted by Crippen LogP contribution is 2.46. The maximum Gasteiger partial charge on any atom is 0.188 e. The fourth-order valence-electron chi connectivity index (χ4n) is 4.34. The van der Waals surface area contributed by atoms with Gasteiger partial charge in [-0.1, -0.05) is 62.3 Å². The molecule has 0 saturated heterocycles. The summed E-state index contributed by atoms with van der Waals surface area (Å²) in [7, 11) is -2.19. The minimum absolute atomic E-state index is 0.157. The second kappa shape index (κ2) is 7.40. The molecule has 0 aliphatic heterocycles. The Balaban J connectivity index is 2.81. The van der Waals surface area contributed by atoms with Gasteiger partial charge in [-0.05, 0) is 40.7 Å². The molecule has 1 fully saturated rings. The van der Waals surface area contributed by atoms with Gasteiger partial charge in [-0.15, -0.1) is 0 Å². The molecule has 0 heterocycles. The summed E-state index contributed by atoms with van der Waals surface area (Å²) in [6, 6.07) is 3.46. The Hall–Kier alpha value is -1.36. The molecule has 2 atom stereocenters. The zero-order valence-corrected chi connectivity index (χ0v) is 20.6. The highest BCUT2D eigenvalue weighted by molar-refractivity contribution is 7.92. The number of sulfone groups is 1. The van der Waals surface area contributed by atoms with Crippen LogP contribution < -0.4 is 4.74 Å². The van der Waals surface area contributed by atoms with Crippen molar-refractivity contribution in [1.29, 1.82) is 0 Å². The normalized spacial score (nSPS) is 21.5. The molecule has 0 bridgehead atoms. The van der Waals surface area contributed by atoms with Crippen LogP contribution in [0.15, 0.2) is 17.0 Å². The van der Waals surface area contributed by atoms with Gasteiger partial charge in [0.1, 0.15) is 11.0 Å². The van der Waals surface area contributed by atoms with Crippen LogP contribution in [0.2, 0.25) is 0 Å². The first-order valence-corrected chi connectivity index (χ1v) is 12.0. The van der Waals surface area contributed by atoms with Crippen LogP contribution in [-0.4, -0.2) is 26.6 Å². The number of ether oxygens (including phenoxy) is 1. The van der Waals surface area contributed by atoms with E-state index in [2.05, 4.69) is 0 Å². The molecule has 0 aromatic heterocycles. The third kappa shape index (κ3) is 4.55. The number of Topliss-reactive ketones (excluding diaryl/α,β-unsaturated/α-hetero) is 1. The van der Waals surface area contributed by atoms with E-state index in [9.17, 15) is 13.2 Å². The molecule has 0 amide bonds. The SMILES string of the molecule is COc1c(C(C)(C)C)cc(S(=O)(=O)[C@H]2C(=O)CC[C@@H]2C(C)(C)C)cc1C(C)(C)C. The number of ketones is 1. The van der Waals surface area contributed by atoms with Crippen molar-refractivity contribution in [2.75, 3.05) is 7.11 Å². The lowest BCUT2D eigenvalue weighted by Gasteiger charge is -2.33. The first-order valence-electron chi connectivity index (χ1n) is 10.4. The monoisotopic (exact) mass is 422 g/mol. The van der Waals surface area contributed by atoms with Crippen molar-refractivity contribution in [3.63, 3.8) is 0 Å². The zero-order chi connectivity index (χ0) is 22.6. The quantitative estimate of drug-likeness (QED) is 0.649. The predicted molar refractivity (Wildman–Crippen MR) is 119 cm³/mol. The lowest BCUT2D eigenvalue weighted by molar-refractivity contribution is -0.117. The van der Waals surface area contributed by atoms with Crippen molar-refractivity contribution in [3.8, 4) is 5.75 Å². The predicted octanol–water partition coefficient (Wildman–Crippen LogP) is 5.46. The molecule has 1 saturated carbocycles. The Morgan fingerprint density at radius 2 is 1.34 bits per heavy atom. The van der Waals surface area contributed by atoms with Gasteiger partial charge >= 0.3 is 0 Å². The van der Waals surface area contributed by atoms with Gasteiger partial charge < -0.3 is 4.74 Å². The largest absolute Gasteiger partial charge is 0.496 e. The van der Waals surface area contributed by atoms with Crippen molar-refractivity contribution in [2.45, 2.75) is 96.1 Å². The maximum atomic E-state index is 13.8. The van der Waals surface area contributed by atoms with Gasteiger partial charge in [-0.3, -0.25) is 4.79 Å². The summed E-state index contributed by atoms with van der Waals surface area (Å²) >= 11 is 0. The van der Waals surface area contributed by atoms with Gasteiger partial charge in [0.15, 0.2) is 15.6 Å². The van der Waals surface area contributed by atoms with E-state index in [0.29, 0.717) is 12.8 Å². The van der Waals surface area contributed by atoms with E-state index in [4.69, 9.17) is 4.74 Å². The average molecular weight is 423 g/mol. The van der Waals surface area contributed by atoms with E-state index >= 15 is 0 Å². The lowest BCUT2D eigenvalue weighted by atomic mass is 9.79. The minimum atomic E-state index is -3.82. The Morgan fingerprint density at radius 3 is 1.69 bits per heavy atom. The van der Waals surface area contributed by atoms with E-state index in [1.165, 1.54) is 0 Å². The van der Waals surface area contributed by atoms with Crippen molar-refractivity contribution >= 4 is 15.6 Å².